The summed E-state index contributed by atoms with van der Waals surface area (Å²) in [6.07, 6.45) is 0. The lowest BCUT2D eigenvalue weighted by Crippen LogP contribution is -2.44. The molecule has 0 aliphatic carbocycles. The van der Waals surface area contributed by atoms with Crippen molar-refractivity contribution in [2.45, 2.75) is 13.0 Å². The molecule has 2 aromatic carbocycles. The minimum Gasteiger partial charge on any atom is -0.355 e. The van der Waals surface area contributed by atoms with E-state index in [-0.39, 0.29) is 35.8 Å². The summed E-state index contributed by atoms with van der Waals surface area (Å²) >= 11 is 1.80. The molecule has 1 aliphatic rings. The SMILES string of the molecule is CN=C(NCCS(=O)(=O)N1CCSCC1)NC(C)c1cccc2ccccc12.I. The summed E-state index contributed by atoms with van der Waals surface area (Å²) in [5.74, 6) is 2.42. The van der Waals surface area contributed by atoms with Crippen LogP contribution in [-0.2, 0) is 10.0 Å². The lowest BCUT2D eigenvalue weighted by Gasteiger charge is -2.26. The topological polar surface area (TPSA) is 73.8 Å². The van der Waals surface area contributed by atoms with Crippen molar-refractivity contribution in [1.29, 1.82) is 0 Å². The maximum atomic E-state index is 12.5. The number of aliphatic imine (C=N–C) groups is 1. The Morgan fingerprint density at radius 2 is 1.86 bits per heavy atom. The van der Waals surface area contributed by atoms with Crippen molar-refractivity contribution in [2.75, 3.05) is 43.9 Å². The number of fused-ring (bicyclic) bond motifs is 1. The summed E-state index contributed by atoms with van der Waals surface area (Å²) in [4.78, 5) is 4.25. The van der Waals surface area contributed by atoms with Gasteiger partial charge < -0.3 is 10.6 Å². The molecule has 29 heavy (non-hydrogen) atoms. The quantitative estimate of drug-likeness (QED) is 0.330. The summed E-state index contributed by atoms with van der Waals surface area (Å²) in [7, 11) is -1.53. The molecule has 0 radical (unpaired) electrons. The lowest BCUT2D eigenvalue weighted by molar-refractivity contribution is 0.443. The van der Waals surface area contributed by atoms with Crippen LogP contribution in [0.1, 0.15) is 18.5 Å². The molecule has 6 nitrogen and oxygen atoms in total. The van der Waals surface area contributed by atoms with Crippen LogP contribution in [0.25, 0.3) is 10.8 Å². The number of hydrogen-bond acceptors (Lipinski definition) is 4. The minimum atomic E-state index is -3.22. The monoisotopic (exact) mass is 548 g/mol. The first kappa shape index (κ1) is 24.2. The van der Waals surface area contributed by atoms with Crippen LogP contribution in [-0.4, -0.2) is 62.6 Å². The van der Waals surface area contributed by atoms with E-state index in [1.165, 1.54) is 16.3 Å². The van der Waals surface area contributed by atoms with E-state index >= 15 is 0 Å². The summed E-state index contributed by atoms with van der Waals surface area (Å²) in [5, 5.41) is 8.91. The van der Waals surface area contributed by atoms with Gasteiger partial charge in [0, 0.05) is 38.2 Å². The molecular weight excluding hydrogens is 519 g/mol. The number of nitrogens with zero attached hydrogens (tertiary/aromatic N) is 2. The van der Waals surface area contributed by atoms with Gasteiger partial charge in [-0.15, -0.1) is 24.0 Å². The smallest absolute Gasteiger partial charge is 0.215 e. The first-order valence-corrected chi connectivity index (χ1v) is 12.3. The Morgan fingerprint density at radius 1 is 1.17 bits per heavy atom. The normalized spacial score (nSPS) is 16.8. The molecule has 2 aromatic rings. The predicted octanol–water partition coefficient (Wildman–Crippen LogP) is 3.06. The summed E-state index contributed by atoms with van der Waals surface area (Å²) < 4.78 is 26.5. The number of benzene rings is 2. The summed E-state index contributed by atoms with van der Waals surface area (Å²) in [5.41, 5.74) is 1.18. The molecule has 1 atom stereocenters. The van der Waals surface area contributed by atoms with Gasteiger partial charge in [-0.3, -0.25) is 4.99 Å². The van der Waals surface area contributed by atoms with Gasteiger partial charge in [0.25, 0.3) is 0 Å². The first-order valence-electron chi connectivity index (χ1n) is 9.51. The third-order valence-electron chi connectivity index (χ3n) is 4.88. The third kappa shape index (κ3) is 6.47. The van der Waals surface area contributed by atoms with Crippen molar-refractivity contribution in [3.8, 4) is 0 Å². The predicted molar refractivity (Wildman–Crippen MR) is 135 cm³/mol. The van der Waals surface area contributed by atoms with Crippen molar-refractivity contribution in [2.24, 2.45) is 4.99 Å². The van der Waals surface area contributed by atoms with E-state index in [2.05, 4.69) is 52.9 Å². The zero-order chi connectivity index (χ0) is 20.0. The molecule has 0 amide bonds. The molecule has 1 fully saturated rings. The van der Waals surface area contributed by atoms with E-state index in [4.69, 9.17) is 0 Å². The van der Waals surface area contributed by atoms with E-state index in [9.17, 15) is 8.42 Å². The maximum Gasteiger partial charge on any atom is 0.215 e. The van der Waals surface area contributed by atoms with Crippen LogP contribution < -0.4 is 10.6 Å². The van der Waals surface area contributed by atoms with Gasteiger partial charge in [-0.1, -0.05) is 42.5 Å². The largest absolute Gasteiger partial charge is 0.355 e. The Kier molecular flexibility index (Phi) is 9.51. The molecule has 0 aromatic heterocycles. The fourth-order valence-electron chi connectivity index (χ4n) is 3.36. The molecule has 3 rings (SSSR count). The number of thioether (sulfide) groups is 1. The second kappa shape index (κ2) is 11.4. The van der Waals surface area contributed by atoms with E-state index in [1.54, 1.807) is 23.1 Å². The summed E-state index contributed by atoms with van der Waals surface area (Å²) in [6.45, 7) is 3.63. The molecule has 2 N–H and O–H groups in total. The second-order valence-corrected chi connectivity index (χ2v) is 10.1. The van der Waals surface area contributed by atoms with Gasteiger partial charge in [0.2, 0.25) is 10.0 Å². The van der Waals surface area contributed by atoms with Crippen LogP contribution in [0.4, 0.5) is 0 Å². The van der Waals surface area contributed by atoms with Crippen molar-refractivity contribution in [3.05, 3.63) is 48.0 Å². The van der Waals surface area contributed by atoms with Crippen LogP contribution in [0.3, 0.4) is 0 Å². The van der Waals surface area contributed by atoms with Crippen molar-refractivity contribution >= 4 is 62.5 Å². The van der Waals surface area contributed by atoms with Gasteiger partial charge in [-0.25, -0.2) is 12.7 Å². The fourth-order valence-corrected chi connectivity index (χ4v) is 5.85. The first-order chi connectivity index (χ1) is 13.5. The van der Waals surface area contributed by atoms with Gasteiger partial charge in [0.15, 0.2) is 5.96 Å². The highest BCUT2D eigenvalue weighted by atomic mass is 127. The van der Waals surface area contributed by atoms with Crippen molar-refractivity contribution in [1.82, 2.24) is 14.9 Å². The standard InChI is InChI=1S/C20H28N4O2S2.HI/c1-16(18-9-5-7-17-6-3-4-8-19(17)18)23-20(21-2)22-10-15-28(25,26)24-11-13-27-14-12-24;/h3-9,16H,10-15H2,1-2H3,(H2,21,22,23);1H. The van der Waals surface area contributed by atoms with Crippen LogP contribution in [0.2, 0.25) is 0 Å². The van der Waals surface area contributed by atoms with E-state index in [0.29, 0.717) is 25.6 Å². The lowest BCUT2D eigenvalue weighted by atomic mass is 10.00. The molecular formula is C20H29IN4O2S2. The van der Waals surface area contributed by atoms with Gasteiger partial charge in [-0.05, 0) is 23.3 Å². The van der Waals surface area contributed by atoms with Crippen molar-refractivity contribution in [3.63, 3.8) is 0 Å². The second-order valence-electron chi connectivity index (χ2n) is 6.76. The Hall–Kier alpha value is -1.04. The van der Waals surface area contributed by atoms with E-state index < -0.39 is 10.0 Å². The fraction of sp³-hybridized carbons (Fsp3) is 0.450. The van der Waals surface area contributed by atoms with Gasteiger partial charge >= 0.3 is 0 Å². The molecule has 9 heteroatoms. The molecule has 0 spiro atoms. The van der Waals surface area contributed by atoms with E-state index in [1.807, 2.05) is 12.1 Å². The van der Waals surface area contributed by atoms with Crippen LogP contribution in [0.5, 0.6) is 0 Å². The summed E-state index contributed by atoms with van der Waals surface area (Å²) in [6, 6.07) is 14.6. The number of halogens is 1. The molecule has 1 saturated heterocycles. The molecule has 1 unspecified atom stereocenters. The number of sulfonamides is 1. The van der Waals surface area contributed by atoms with Gasteiger partial charge in [0.05, 0.1) is 11.8 Å². The van der Waals surface area contributed by atoms with Crippen LogP contribution in [0, 0.1) is 0 Å². The highest BCUT2D eigenvalue weighted by Crippen LogP contribution is 2.23. The minimum absolute atomic E-state index is 0. The van der Waals surface area contributed by atoms with E-state index in [0.717, 1.165) is 11.5 Å². The molecule has 1 aliphatic heterocycles. The van der Waals surface area contributed by atoms with Crippen LogP contribution >= 0.6 is 35.7 Å². The van der Waals surface area contributed by atoms with Crippen molar-refractivity contribution < 1.29 is 8.42 Å². The molecule has 1 heterocycles. The number of hydrogen-bond donors (Lipinski definition) is 2. The highest BCUT2D eigenvalue weighted by Gasteiger charge is 2.23. The molecule has 160 valence electrons. The van der Waals surface area contributed by atoms with Gasteiger partial charge in [0.1, 0.15) is 0 Å². The highest BCUT2D eigenvalue weighted by molar-refractivity contribution is 14.0. The maximum absolute atomic E-state index is 12.5. The number of nitrogens with one attached hydrogen (secondary N) is 2. The Balaban J connectivity index is 0.00000300. The number of guanidine groups is 1. The molecule has 0 saturated carbocycles. The zero-order valence-corrected chi connectivity index (χ0v) is 20.8. The zero-order valence-electron chi connectivity index (χ0n) is 16.8. The third-order valence-corrected chi connectivity index (χ3v) is 7.70. The Morgan fingerprint density at radius 3 is 2.59 bits per heavy atom. The average Bonchev–Trinajstić information content (AvgIpc) is 2.73. The Bertz CT molecular complexity index is 926. The number of rotatable bonds is 6. The molecule has 0 bridgehead atoms. The van der Waals surface area contributed by atoms with Crippen LogP contribution in [0.15, 0.2) is 47.5 Å². The Labute approximate surface area is 195 Å². The average molecular weight is 549 g/mol. The van der Waals surface area contributed by atoms with Gasteiger partial charge in [-0.2, -0.15) is 11.8 Å².